The van der Waals surface area contributed by atoms with Crippen molar-refractivity contribution in [1.29, 1.82) is 0 Å². The van der Waals surface area contributed by atoms with Crippen molar-refractivity contribution in [1.82, 2.24) is 24.4 Å². The summed E-state index contributed by atoms with van der Waals surface area (Å²) in [5.41, 5.74) is -0.743. The Hall–Kier alpha value is -4.39. The summed E-state index contributed by atoms with van der Waals surface area (Å²) in [5.74, 6) is 0.735. The van der Waals surface area contributed by atoms with Crippen molar-refractivity contribution >= 4 is 34.2 Å². The maximum absolute atomic E-state index is 13.7. The predicted molar refractivity (Wildman–Crippen MR) is 143 cm³/mol. The lowest BCUT2D eigenvalue weighted by Gasteiger charge is -2.34. The van der Waals surface area contributed by atoms with Crippen LogP contribution in [0, 0.1) is 0 Å². The van der Waals surface area contributed by atoms with Crippen LogP contribution in [0.5, 0.6) is 5.75 Å². The molecule has 39 heavy (non-hydrogen) atoms. The highest BCUT2D eigenvalue weighted by Gasteiger charge is 2.38. The van der Waals surface area contributed by atoms with Crippen molar-refractivity contribution in [2.45, 2.75) is 6.18 Å². The van der Waals surface area contributed by atoms with Crippen LogP contribution in [0.4, 0.5) is 36.2 Å². The minimum absolute atomic E-state index is 0.0697. The number of likely N-dealkylation sites (N-methyl/N-ethyl adjacent to an activating group) is 1. The van der Waals surface area contributed by atoms with Gasteiger partial charge >= 0.3 is 6.18 Å². The second-order valence-electron chi connectivity index (χ2n) is 9.10. The van der Waals surface area contributed by atoms with Gasteiger partial charge in [-0.2, -0.15) is 18.2 Å². The smallest absolute Gasteiger partial charge is 0.438 e. The van der Waals surface area contributed by atoms with Gasteiger partial charge in [0.2, 0.25) is 11.6 Å². The molecule has 13 heteroatoms. The molecule has 2 aromatic heterocycles. The Bertz CT molecular complexity index is 1570. The first-order chi connectivity index (χ1) is 18.7. The Balaban J connectivity index is 1.56. The fraction of sp³-hybridized carbons (Fsp3) is 0.308. The van der Waals surface area contributed by atoms with E-state index in [0.29, 0.717) is 17.1 Å². The SMILES string of the molecule is CNc1cccc(-n2c(=O)c(C(F)(F)F)nc3cnc(Nc4ccc(N5CCN(C)CC5)c(OC)c4)nc32)c1. The lowest BCUT2D eigenvalue weighted by molar-refractivity contribution is -0.142. The monoisotopic (exact) mass is 540 g/mol. The molecule has 1 saturated heterocycles. The van der Waals surface area contributed by atoms with E-state index in [9.17, 15) is 18.0 Å². The van der Waals surface area contributed by atoms with E-state index in [4.69, 9.17) is 4.74 Å². The molecule has 2 aromatic carbocycles. The largest absolute Gasteiger partial charge is 0.495 e. The summed E-state index contributed by atoms with van der Waals surface area (Å²) < 4.78 is 47.6. The van der Waals surface area contributed by atoms with Gasteiger partial charge in [-0.1, -0.05) is 6.07 Å². The molecule has 2 N–H and O–H groups in total. The maximum atomic E-state index is 13.7. The highest BCUT2D eigenvalue weighted by atomic mass is 19.4. The van der Waals surface area contributed by atoms with Gasteiger partial charge in [0.25, 0.3) is 5.56 Å². The zero-order chi connectivity index (χ0) is 27.7. The highest BCUT2D eigenvalue weighted by Crippen LogP contribution is 2.33. The Labute approximate surface area is 222 Å². The minimum Gasteiger partial charge on any atom is -0.495 e. The van der Waals surface area contributed by atoms with Crippen molar-refractivity contribution in [3.63, 3.8) is 0 Å². The van der Waals surface area contributed by atoms with Crippen LogP contribution < -0.4 is 25.8 Å². The van der Waals surface area contributed by atoms with E-state index < -0.39 is 17.4 Å². The molecule has 5 rings (SSSR count). The maximum Gasteiger partial charge on any atom is 0.438 e. The van der Waals surface area contributed by atoms with E-state index in [2.05, 4.69) is 42.4 Å². The molecule has 0 radical (unpaired) electrons. The number of hydrogen-bond donors (Lipinski definition) is 2. The van der Waals surface area contributed by atoms with E-state index in [-0.39, 0.29) is 22.8 Å². The molecule has 10 nitrogen and oxygen atoms in total. The number of benzene rings is 2. The molecule has 0 amide bonds. The number of halogens is 3. The van der Waals surface area contributed by atoms with Gasteiger partial charge in [0.15, 0.2) is 5.65 Å². The number of rotatable bonds is 6. The molecular weight excluding hydrogens is 513 g/mol. The van der Waals surface area contributed by atoms with Crippen LogP contribution in [-0.4, -0.2) is 71.8 Å². The van der Waals surface area contributed by atoms with Gasteiger partial charge in [-0.25, -0.2) is 9.97 Å². The third-order valence-corrected chi connectivity index (χ3v) is 6.54. The summed E-state index contributed by atoms with van der Waals surface area (Å²) in [7, 11) is 5.34. The molecule has 0 saturated carbocycles. The standard InChI is InChI=1S/C26H27F3N8O2/c1-30-16-5-4-6-18(13-16)37-23-19(33-22(24(37)38)26(27,28)29)15-31-25(34-23)32-17-7-8-20(21(14-17)39-3)36-11-9-35(2)10-12-36/h4-8,13-15,30H,9-12H2,1-3H3,(H,31,32,34). The first-order valence-corrected chi connectivity index (χ1v) is 12.2. The third-order valence-electron chi connectivity index (χ3n) is 6.54. The molecule has 0 bridgehead atoms. The summed E-state index contributed by atoms with van der Waals surface area (Å²) in [4.78, 5) is 29.7. The van der Waals surface area contributed by atoms with Crippen molar-refractivity contribution in [2.24, 2.45) is 0 Å². The van der Waals surface area contributed by atoms with Crippen molar-refractivity contribution in [3.05, 3.63) is 64.7 Å². The summed E-state index contributed by atoms with van der Waals surface area (Å²) in [6, 6.07) is 12.0. The molecule has 204 valence electrons. The summed E-state index contributed by atoms with van der Waals surface area (Å²) >= 11 is 0. The Morgan fingerprint density at radius 3 is 2.46 bits per heavy atom. The van der Waals surface area contributed by atoms with Gasteiger partial charge in [0, 0.05) is 50.7 Å². The van der Waals surface area contributed by atoms with Crippen LogP contribution in [0.25, 0.3) is 16.9 Å². The second kappa shape index (κ2) is 10.4. The molecule has 4 aromatic rings. The van der Waals surface area contributed by atoms with E-state index in [1.54, 1.807) is 38.4 Å². The first-order valence-electron chi connectivity index (χ1n) is 12.2. The van der Waals surface area contributed by atoms with E-state index in [0.717, 1.165) is 42.6 Å². The van der Waals surface area contributed by atoms with Crippen molar-refractivity contribution < 1.29 is 17.9 Å². The number of methoxy groups -OCH3 is 1. The highest BCUT2D eigenvalue weighted by molar-refractivity contribution is 5.75. The van der Waals surface area contributed by atoms with Crippen LogP contribution >= 0.6 is 0 Å². The normalized spacial score (nSPS) is 14.5. The molecule has 3 heterocycles. The predicted octanol–water partition coefficient (Wildman–Crippen LogP) is 3.74. The summed E-state index contributed by atoms with van der Waals surface area (Å²) in [5, 5.41) is 5.99. The van der Waals surface area contributed by atoms with E-state index in [1.165, 1.54) is 6.07 Å². The van der Waals surface area contributed by atoms with E-state index >= 15 is 0 Å². The van der Waals surface area contributed by atoms with Gasteiger partial charge in [0.05, 0.1) is 24.7 Å². The molecule has 1 fully saturated rings. The van der Waals surface area contributed by atoms with Crippen LogP contribution in [-0.2, 0) is 6.18 Å². The molecule has 0 aliphatic carbocycles. The molecular formula is C26H27F3N8O2. The lowest BCUT2D eigenvalue weighted by atomic mass is 10.2. The zero-order valence-electron chi connectivity index (χ0n) is 21.6. The number of piperazine rings is 1. The fourth-order valence-corrected chi connectivity index (χ4v) is 4.46. The number of nitrogens with zero attached hydrogens (tertiary/aromatic N) is 6. The van der Waals surface area contributed by atoms with Crippen molar-refractivity contribution in [2.75, 3.05) is 62.9 Å². The first kappa shape index (κ1) is 26.2. The van der Waals surface area contributed by atoms with Crippen LogP contribution in [0.15, 0.2) is 53.5 Å². The number of aromatic nitrogens is 4. The van der Waals surface area contributed by atoms with E-state index in [1.807, 2.05) is 12.1 Å². The van der Waals surface area contributed by atoms with Gasteiger partial charge in [0.1, 0.15) is 11.3 Å². The number of hydrogen-bond acceptors (Lipinski definition) is 9. The number of nitrogens with one attached hydrogen (secondary N) is 2. The van der Waals surface area contributed by atoms with Gasteiger partial charge in [-0.15, -0.1) is 0 Å². The second-order valence-corrected chi connectivity index (χ2v) is 9.10. The molecule has 1 aliphatic rings. The van der Waals surface area contributed by atoms with Crippen LogP contribution in [0.1, 0.15) is 5.69 Å². The van der Waals surface area contributed by atoms with Gasteiger partial charge in [-0.05, 0) is 37.4 Å². The third kappa shape index (κ3) is 5.30. The average Bonchev–Trinajstić information content (AvgIpc) is 2.92. The summed E-state index contributed by atoms with van der Waals surface area (Å²) in [6.45, 7) is 3.62. The summed E-state index contributed by atoms with van der Waals surface area (Å²) in [6.07, 6.45) is -3.79. The number of alkyl halides is 3. The quantitative estimate of drug-likeness (QED) is 0.379. The van der Waals surface area contributed by atoms with Crippen LogP contribution in [0.2, 0.25) is 0 Å². The number of ether oxygens (including phenoxy) is 1. The Morgan fingerprint density at radius 2 is 1.77 bits per heavy atom. The van der Waals surface area contributed by atoms with Gasteiger partial charge in [-0.3, -0.25) is 9.36 Å². The Kier molecular flexibility index (Phi) is 7.00. The van der Waals surface area contributed by atoms with Crippen LogP contribution in [0.3, 0.4) is 0 Å². The minimum atomic E-state index is -4.95. The van der Waals surface area contributed by atoms with Crippen molar-refractivity contribution in [3.8, 4) is 11.4 Å². The molecule has 0 atom stereocenters. The fourth-order valence-electron chi connectivity index (χ4n) is 4.46. The zero-order valence-corrected chi connectivity index (χ0v) is 21.6. The van der Waals surface area contributed by atoms with Gasteiger partial charge < -0.3 is 25.2 Å². The Morgan fingerprint density at radius 1 is 1.00 bits per heavy atom. The number of fused-ring (bicyclic) bond motifs is 1. The average molecular weight is 541 g/mol. The molecule has 0 spiro atoms. The number of anilines is 4. The lowest BCUT2D eigenvalue weighted by Crippen LogP contribution is -2.44. The molecule has 0 unspecified atom stereocenters. The molecule has 1 aliphatic heterocycles. The topological polar surface area (TPSA) is 100 Å².